The molecule has 1 heterocycles. The van der Waals surface area contributed by atoms with E-state index in [0.717, 1.165) is 10.6 Å². The number of ether oxygens (including phenoxy) is 2. The molecule has 1 fully saturated rings. The largest absolute Gasteiger partial charge is 0.497 e. The van der Waals surface area contributed by atoms with Crippen molar-refractivity contribution in [2.75, 3.05) is 32.6 Å². The van der Waals surface area contributed by atoms with Gasteiger partial charge >= 0.3 is 5.97 Å². The summed E-state index contributed by atoms with van der Waals surface area (Å²) in [5.74, 6) is 0.193. The fourth-order valence-corrected chi connectivity index (χ4v) is 2.97. The van der Waals surface area contributed by atoms with Gasteiger partial charge in [0.2, 0.25) is 5.91 Å². The predicted molar refractivity (Wildman–Crippen MR) is 82.3 cm³/mol. The number of benzene rings is 1. The number of carbonyl (C=O) groups excluding carboxylic acids is 1. The standard InChI is InChI=1S/C15H19NO5S/c1-20-11-2-4-13(5-3-11)22-10-14(17)16-6-7-21-12(9-16)8-15(18)19/h2-5,12H,6-10H2,1H3,(H,18,19). The lowest BCUT2D eigenvalue weighted by atomic mass is 10.2. The van der Waals surface area contributed by atoms with E-state index in [-0.39, 0.29) is 12.3 Å². The normalized spacial score (nSPS) is 18.0. The van der Waals surface area contributed by atoms with Crippen LogP contribution in [0, 0.1) is 0 Å². The smallest absolute Gasteiger partial charge is 0.306 e. The van der Waals surface area contributed by atoms with E-state index in [1.54, 1.807) is 12.0 Å². The molecule has 0 bridgehead atoms. The quantitative estimate of drug-likeness (QED) is 0.799. The van der Waals surface area contributed by atoms with Gasteiger partial charge in [0.15, 0.2) is 0 Å². The molecule has 22 heavy (non-hydrogen) atoms. The second-order valence-corrected chi connectivity index (χ2v) is 5.94. The summed E-state index contributed by atoms with van der Waals surface area (Å²) < 4.78 is 10.4. The molecule has 1 unspecified atom stereocenters. The fourth-order valence-electron chi connectivity index (χ4n) is 2.17. The van der Waals surface area contributed by atoms with E-state index in [0.29, 0.717) is 25.4 Å². The zero-order valence-electron chi connectivity index (χ0n) is 12.4. The summed E-state index contributed by atoms with van der Waals surface area (Å²) in [5.41, 5.74) is 0. The summed E-state index contributed by atoms with van der Waals surface area (Å²) in [5, 5.41) is 8.79. The maximum Gasteiger partial charge on any atom is 0.306 e. The number of carbonyl (C=O) groups is 2. The van der Waals surface area contributed by atoms with Crippen LogP contribution in [0.4, 0.5) is 0 Å². The number of hydrogen-bond donors (Lipinski definition) is 1. The van der Waals surface area contributed by atoms with Crippen molar-refractivity contribution >= 4 is 23.6 Å². The highest BCUT2D eigenvalue weighted by atomic mass is 32.2. The van der Waals surface area contributed by atoms with Gasteiger partial charge in [-0.05, 0) is 24.3 Å². The van der Waals surface area contributed by atoms with Crippen molar-refractivity contribution in [1.29, 1.82) is 0 Å². The Labute approximate surface area is 133 Å². The number of rotatable bonds is 6. The van der Waals surface area contributed by atoms with Crippen LogP contribution in [0.1, 0.15) is 6.42 Å². The predicted octanol–water partition coefficient (Wildman–Crippen LogP) is 1.49. The van der Waals surface area contributed by atoms with Crippen LogP contribution in [0.3, 0.4) is 0 Å². The molecule has 1 saturated heterocycles. The number of aliphatic carboxylic acids is 1. The fraction of sp³-hybridized carbons (Fsp3) is 0.467. The molecule has 1 N–H and O–H groups in total. The Balaban J connectivity index is 1.81. The van der Waals surface area contributed by atoms with E-state index in [2.05, 4.69) is 0 Å². The molecule has 0 aliphatic carbocycles. The van der Waals surface area contributed by atoms with Gasteiger partial charge in [-0.2, -0.15) is 0 Å². The molecule has 1 atom stereocenters. The Morgan fingerprint density at radius 3 is 2.77 bits per heavy atom. The van der Waals surface area contributed by atoms with E-state index in [1.165, 1.54) is 11.8 Å². The zero-order valence-corrected chi connectivity index (χ0v) is 13.2. The number of nitrogens with zero attached hydrogens (tertiary/aromatic N) is 1. The molecule has 0 aromatic heterocycles. The van der Waals surface area contributed by atoms with Crippen LogP contribution in [-0.4, -0.2) is 60.5 Å². The summed E-state index contributed by atoms with van der Waals surface area (Å²) in [6, 6.07) is 7.52. The number of morpholine rings is 1. The molecule has 1 aliphatic heterocycles. The molecule has 1 aliphatic rings. The van der Waals surface area contributed by atoms with Crippen LogP contribution in [0.25, 0.3) is 0 Å². The number of amides is 1. The topological polar surface area (TPSA) is 76.1 Å². The molecule has 120 valence electrons. The SMILES string of the molecule is COc1ccc(SCC(=O)N2CCOC(CC(=O)O)C2)cc1. The number of carboxylic acid groups (broad SMARTS) is 1. The number of hydrogen-bond acceptors (Lipinski definition) is 5. The lowest BCUT2D eigenvalue weighted by Crippen LogP contribution is -2.46. The molecule has 1 aromatic carbocycles. The maximum atomic E-state index is 12.2. The van der Waals surface area contributed by atoms with Gasteiger partial charge in [-0.15, -0.1) is 11.8 Å². The lowest BCUT2D eigenvalue weighted by molar-refractivity contribution is -0.146. The van der Waals surface area contributed by atoms with Crippen molar-refractivity contribution in [3.8, 4) is 5.75 Å². The van der Waals surface area contributed by atoms with E-state index in [9.17, 15) is 9.59 Å². The Bertz CT molecular complexity index is 519. The van der Waals surface area contributed by atoms with Gasteiger partial charge in [0.25, 0.3) is 0 Å². The first-order chi connectivity index (χ1) is 10.6. The summed E-state index contributed by atoms with van der Waals surface area (Å²) >= 11 is 1.45. The lowest BCUT2D eigenvalue weighted by Gasteiger charge is -2.32. The molecular formula is C15H19NO5S. The van der Waals surface area contributed by atoms with Crippen molar-refractivity contribution in [3.05, 3.63) is 24.3 Å². The van der Waals surface area contributed by atoms with E-state index < -0.39 is 12.1 Å². The molecule has 7 heteroatoms. The monoisotopic (exact) mass is 325 g/mol. The molecule has 2 rings (SSSR count). The third-order valence-electron chi connectivity index (χ3n) is 3.32. The highest BCUT2D eigenvalue weighted by Crippen LogP contribution is 2.22. The first-order valence-corrected chi connectivity index (χ1v) is 7.95. The molecule has 0 saturated carbocycles. The van der Waals surface area contributed by atoms with Crippen molar-refractivity contribution < 1.29 is 24.2 Å². The Kier molecular flexibility index (Phi) is 6.09. The van der Waals surface area contributed by atoms with Crippen LogP contribution in [0.15, 0.2) is 29.2 Å². The third-order valence-corrected chi connectivity index (χ3v) is 4.31. The minimum absolute atomic E-state index is 0.000457. The van der Waals surface area contributed by atoms with Crippen molar-refractivity contribution in [2.45, 2.75) is 17.4 Å². The van der Waals surface area contributed by atoms with Gasteiger partial charge in [0, 0.05) is 18.0 Å². The van der Waals surface area contributed by atoms with Gasteiger partial charge in [-0.3, -0.25) is 9.59 Å². The maximum absolute atomic E-state index is 12.2. The molecule has 0 spiro atoms. The Hall–Kier alpha value is -1.73. The highest BCUT2D eigenvalue weighted by molar-refractivity contribution is 8.00. The van der Waals surface area contributed by atoms with Gasteiger partial charge in [0.05, 0.1) is 32.0 Å². The van der Waals surface area contributed by atoms with Crippen LogP contribution >= 0.6 is 11.8 Å². The minimum Gasteiger partial charge on any atom is -0.497 e. The van der Waals surface area contributed by atoms with Crippen molar-refractivity contribution in [2.24, 2.45) is 0 Å². The summed E-state index contributed by atoms with van der Waals surface area (Å²) in [6.07, 6.45) is -0.490. The van der Waals surface area contributed by atoms with Crippen LogP contribution < -0.4 is 4.74 Å². The van der Waals surface area contributed by atoms with Gasteiger partial charge in [-0.1, -0.05) is 0 Å². The van der Waals surface area contributed by atoms with Crippen LogP contribution in [0.5, 0.6) is 5.75 Å². The Morgan fingerprint density at radius 1 is 1.41 bits per heavy atom. The molecule has 6 nitrogen and oxygen atoms in total. The summed E-state index contributed by atoms with van der Waals surface area (Å²) in [7, 11) is 1.61. The van der Waals surface area contributed by atoms with Crippen LogP contribution in [0.2, 0.25) is 0 Å². The third kappa shape index (κ3) is 4.92. The second kappa shape index (κ2) is 8.05. The van der Waals surface area contributed by atoms with Crippen molar-refractivity contribution in [3.63, 3.8) is 0 Å². The van der Waals surface area contributed by atoms with Gasteiger partial charge < -0.3 is 19.5 Å². The van der Waals surface area contributed by atoms with E-state index in [1.807, 2.05) is 24.3 Å². The first-order valence-electron chi connectivity index (χ1n) is 6.96. The molecule has 1 amide bonds. The summed E-state index contributed by atoms with van der Waals surface area (Å²) in [4.78, 5) is 25.6. The zero-order chi connectivity index (χ0) is 15.9. The molecule has 1 aromatic rings. The Morgan fingerprint density at radius 2 is 2.14 bits per heavy atom. The molecular weight excluding hydrogens is 306 g/mol. The number of methoxy groups -OCH3 is 1. The van der Waals surface area contributed by atoms with Gasteiger partial charge in [0.1, 0.15) is 5.75 Å². The highest BCUT2D eigenvalue weighted by Gasteiger charge is 2.25. The second-order valence-electron chi connectivity index (χ2n) is 4.89. The van der Waals surface area contributed by atoms with E-state index in [4.69, 9.17) is 14.6 Å². The van der Waals surface area contributed by atoms with Crippen molar-refractivity contribution in [1.82, 2.24) is 4.90 Å². The van der Waals surface area contributed by atoms with E-state index >= 15 is 0 Å². The van der Waals surface area contributed by atoms with Gasteiger partial charge in [-0.25, -0.2) is 0 Å². The number of carboxylic acids is 1. The molecule has 0 radical (unpaired) electrons. The average molecular weight is 325 g/mol. The summed E-state index contributed by atoms with van der Waals surface area (Å²) in [6.45, 7) is 1.24. The average Bonchev–Trinajstić information content (AvgIpc) is 2.52. The minimum atomic E-state index is -0.910. The number of thioether (sulfide) groups is 1. The van der Waals surface area contributed by atoms with Crippen LogP contribution in [-0.2, 0) is 14.3 Å². The first kappa shape index (κ1) is 16.6.